The Morgan fingerprint density at radius 3 is 2.36 bits per heavy atom. The molecule has 3 aliphatic rings. The van der Waals surface area contributed by atoms with E-state index in [1.807, 2.05) is 19.1 Å². The Morgan fingerprint density at radius 1 is 1.15 bits per heavy atom. The average Bonchev–Trinajstić information content (AvgIpc) is 3.58. The van der Waals surface area contributed by atoms with Crippen LogP contribution in [0.15, 0.2) is 40.0 Å². The lowest BCUT2D eigenvalue weighted by molar-refractivity contribution is -0.140. The molecule has 4 rings (SSSR count). The number of halogens is 1. The lowest BCUT2D eigenvalue weighted by atomic mass is 9.85. The van der Waals surface area contributed by atoms with Crippen molar-refractivity contribution in [3.05, 3.63) is 36.3 Å². The highest BCUT2D eigenvalue weighted by atomic mass is 127. The van der Waals surface area contributed by atoms with Gasteiger partial charge in [0.15, 0.2) is 5.96 Å². The second kappa shape index (κ2) is 11.5. The number of hydrogen-bond acceptors (Lipinski definition) is 5. The van der Waals surface area contributed by atoms with Gasteiger partial charge in [-0.15, -0.1) is 24.0 Å². The van der Waals surface area contributed by atoms with Gasteiger partial charge in [0.05, 0.1) is 30.7 Å². The maximum Gasteiger partial charge on any atom is 0.233 e. The lowest BCUT2D eigenvalue weighted by Gasteiger charge is -2.27. The topological polar surface area (TPSA) is 90.2 Å². The van der Waals surface area contributed by atoms with E-state index in [2.05, 4.69) is 41.5 Å². The summed E-state index contributed by atoms with van der Waals surface area (Å²) in [5, 5.41) is 6.56. The van der Waals surface area contributed by atoms with E-state index in [0.29, 0.717) is 25.6 Å². The van der Waals surface area contributed by atoms with E-state index in [1.54, 1.807) is 6.26 Å². The molecule has 9 heteroatoms. The van der Waals surface area contributed by atoms with Gasteiger partial charge in [-0.2, -0.15) is 0 Å². The van der Waals surface area contributed by atoms with E-state index in [4.69, 9.17) is 9.41 Å². The summed E-state index contributed by atoms with van der Waals surface area (Å²) in [5.74, 6) is 1.80. The van der Waals surface area contributed by atoms with Crippen molar-refractivity contribution in [1.29, 1.82) is 0 Å². The number of carbonyl (C=O) groups is 2. The quantitative estimate of drug-likeness (QED) is 0.148. The number of nitrogens with one attached hydrogen (secondary N) is 2. The van der Waals surface area contributed by atoms with Gasteiger partial charge in [-0.3, -0.25) is 24.4 Å². The molecule has 1 aliphatic heterocycles. The molecule has 5 unspecified atom stereocenters. The van der Waals surface area contributed by atoms with Crippen LogP contribution in [0.3, 0.4) is 0 Å². The number of rotatable bonds is 10. The molecule has 182 valence electrons. The number of allylic oxidation sites excluding steroid dienone is 2. The molecule has 2 amide bonds. The fourth-order valence-corrected chi connectivity index (χ4v) is 5.52. The molecular weight excluding hydrogens is 533 g/mol. The van der Waals surface area contributed by atoms with Crippen LogP contribution >= 0.6 is 24.0 Å². The Kier molecular flexibility index (Phi) is 8.97. The summed E-state index contributed by atoms with van der Waals surface area (Å²) in [6.45, 7) is 10.2. The van der Waals surface area contributed by atoms with Crippen LogP contribution in [0.4, 0.5) is 0 Å². The van der Waals surface area contributed by atoms with Gasteiger partial charge in [0.2, 0.25) is 11.8 Å². The van der Waals surface area contributed by atoms with Gasteiger partial charge in [0.1, 0.15) is 5.76 Å². The van der Waals surface area contributed by atoms with Crippen LogP contribution in [0.2, 0.25) is 0 Å². The number of amides is 2. The Morgan fingerprint density at radius 2 is 1.82 bits per heavy atom. The number of imide groups is 1. The number of nitrogens with zero attached hydrogens (tertiary/aromatic N) is 3. The first-order valence-electron chi connectivity index (χ1n) is 11.9. The second-order valence-corrected chi connectivity index (χ2v) is 8.73. The van der Waals surface area contributed by atoms with E-state index < -0.39 is 0 Å². The van der Waals surface area contributed by atoms with Gasteiger partial charge >= 0.3 is 0 Å². The molecule has 5 atom stereocenters. The maximum absolute atomic E-state index is 12.9. The van der Waals surface area contributed by atoms with E-state index in [9.17, 15) is 9.59 Å². The zero-order valence-electron chi connectivity index (χ0n) is 19.7. The molecule has 2 N–H and O–H groups in total. The number of carbonyl (C=O) groups excluding carboxylic acids is 2. The highest BCUT2D eigenvalue weighted by Gasteiger charge is 2.58. The van der Waals surface area contributed by atoms with Gasteiger partial charge in [0, 0.05) is 19.6 Å². The molecule has 2 fully saturated rings. The molecule has 0 spiro atoms. The smallest absolute Gasteiger partial charge is 0.233 e. The van der Waals surface area contributed by atoms with Crippen LogP contribution in [0.25, 0.3) is 0 Å². The molecule has 1 saturated heterocycles. The monoisotopic (exact) mass is 569 g/mol. The van der Waals surface area contributed by atoms with Crippen molar-refractivity contribution in [3.8, 4) is 0 Å². The van der Waals surface area contributed by atoms with E-state index in [0.717, 1.165) is 31.8 Å². The summed E-state index contributed by atoms with van der Waals surface area (Å²) < 4.78 is 5.66. The minimum atomic E-state index is -0.137. The number of likely N-dealkylation sites (tertiary alicyclic amines) is 1. The third kappa shape index (κ3) is 5.13. The van der Waals surface area contributed by atoms with Gasteiger partial charge in [0.25, 0.3) is 0 Å². The number of furan rings is 1. The molecule has 0 radical (unpaired) electrons. The Bertz CT molecular complexity index is 837. The standard InChI is InChI=1S/C24H35N5O3.HI/c1-4-25-24(27-15-18(28(5-2)6-3)19-8-7-13-32-19)26-11-12-29-22(30)20-16-9-10-17(14-16)21(20)23(29)31;/h7-10,13,16-18,20-21H,4-6,11-12,14-15H2,1-3H3,(H2,25,26,27);1H. The van der Waals surface area contributed by atoms with Crippen molar-refractivity contribution in [2.75, 3.05) is 39.3 Å². The van der Waals surface area contributed by atoms with Gasteiger partial charge < -0.3 is 15.1 Å². The highest BCUT2D eigenvalue weighted by Crippen LogP contribution is 2.52. The molecule has 8 nitrogen and oxygen atoms in total. The fourth-order valence-electron chi connectivity index (χ4n) is 5.52. The third-order valence-corrected chi connectivity index (χ3v) is 7.08. The summed E-state index contributed by atoms with van der Waals surface area (Å²) >= 11 is 0. The van der Waals surface area contributed by atoms with E-state index >= 15 is 0 Å². The summed E-state index contributed by atoms with van der Waals surface area (Å²) in [7, 11) is 0. The molecular formula is C24H36IN5O3. The number of aliphatic imine (C=N–C) groups is 1. The minimum absolute atomic E-state index is 0. The predicted octanol–water partition coefficient (Wildman–Crippen LogP) is 2.64. The molecule has 2 heterocycles. The summed E-state index contributed by atoms with van der Waals surface area (Å²) in [6, 6.07) is 3.95. The third-order valence-electron chi connectivity index (χ3n) is 7.08. The Labute approximate surface area is 213 Å². The molecule has 33 heavy (non-hydrogen) atoms. The van der Waals surface area contributed by atoms with Crippen molar-refractivity contribution < 1.29 is 14.0 Å². The van der Waals surface area contributed by atoms with Crippen LogP contribution in [0, 0.1) is 23.7 Å². The lowest BCUT2D eigenvalue weighted by Crippen LogP contribution is -2.44. The Balaban J connectivity index is 0.00000306. The molecule has 1 aromatic rings. The van der Waals surface area contributed by atoms with Gasteiger partial charge in [-0.25, -0.2) is 0 Å². The van der Waals surface area contributed by atoms with Crippen LogP contribution in [-0.4, -0.2) is 66.8 Å². The number of fused-ring (bicyclic) bond motifs is 5. The summed E-state index contributed by atoms with van der Waals surface area (Å²) in [4.78, 5) is 34.3. The van der Waals surface area contributed by atoms with Crippen LogP contribution in [0.1, 0.15) is 39.0 Å². The van der Waals surface area contributed by atoms with E-state index in [1.165, 1.54) is 4.90 Å². The molecule has 0 aromatic carbocycles. The first-order valence-corrected chi connectivity index (χ1v) is 11.9. The van der Waals surface area contributed by atoms with Gasteiger partial charge in [-0.1, -0.05) is 26.0 Å². The summed E-state index contributed by atoms with van der Waals surface area (Å²) in [5.41, 5.74) is 0. The van der Waals surface area contributed by atoms with Crippen LogP contribution in [0.5, 0.6) is 0 Å². The van der Waals surface area contributed by atoms with Crippen LogP contribution < -0.4 is 10.6 Å². The van der Waals surface area contributed by atoms with Crippen molar-refractivity contribution >= 4 is 41.8 Å². The van der Waals surface area contributed by atoms with Crippen molar-refractivity contribution in [1.82, 2.24) is 20.4 Å². The van der Waals surface area contributed by atoms with Crippen molar-refractivity contribution in [2.45, 2.75) is 33.2 Å². The molecule has 2 bridgehead atoms. The molecule has 1 aromatic heterocycles. The summed E-state index contributed by atoms with van der Waals surface area (Å²) in [6.07, 6.45) is 6.90. The predicted molar refractivity (Wildman–Crippen MR) is 138 cm³/mol. The zero-order chi connectivity index (χ0) is 22.7. The van der Waals surface area contributed by atoms with Crippen molar-refractivity contribution in [2.24, 2.45) is 28.7 Å². The Hall–Kier alpha value is -1.88. The second-order valence-electron chi connectivity index (χ2n) is 8.73. The van der Waals surface area contributed by atoms with E-state index in [-0.39, 0.29) is 65.5 Å². The number of guanidine groups is 1. The first-order chi connectivity index (χ1) is 15.6. The average molecular weight is 569 g/mol. The first kappa shape index (κ1) is 25.7. The van der Waals surface area contributed by atoms with Crippen LogP contribution in [-0.2, 0) is 9.59 Å². The molecule has 1 saturated carbocycles. The maximum atomic E-state index is 12.9. The molecule has 2 aliphatic carbocycles. The number of hydrogen-bond donors (Lipinski definition) is 2. The SMILES string of the molecule is CCNC(=NCC(c1ccco1)N(CC)CC)NCCN1C(=O)C2C3C=CC(C3)C2C1=O.I. The fraction of sp³-hybridized carbons (Fsp3) is 0.625. The zero-order valence-corrected chi connectivity index (χ0v) is 22.0. The minimum Gasteiger partial charge on any atom is -0.468 e. The van der Waals surface area contributed by atoms with Crippen molar-refractivity contribution in [3.63, 3.8) is 0 Å². The number of likely N-dealkylation sites (N-methyl/N-ethyl adjacent to an activating group) is 1. The normalized spacial score (nSPS) is 26.7. The highest BCUT2D eigenvalue weighted by molar-refractivity contribution is 14.0. The van der Waals surface area contributed by atoms with Gasteiger partial charge in [-0.05, 0) is 50.4 Å². The largest absolute Gasteiger partial charge is 0.468 e.